The number of rotatable bonds is 2. The standard InChI is InChI=1S/C7H17NO2/c1-5(9)6(10)8-7(2,3)4/h5-6,8-10H,1-4H3/t5?,6-/m0/s1. The van der Waals surface area contributed by atoms with Crippen LogP contribution >= 0.6 is 0 Å². The molecule has 0 saturated heterocycles. The molecule has 0 heterocycles. The van der Waals surface area contributed by atoms with Crippen molar-refractivity contribution in [2.75, 3.05) is 0 Å². The van der Waals surface area contributed by atoms with Crippen LogP contribution in [-0.4, -0.2) is 28.1 Å². The molecule has 2 atom stereocenters. The molecule has 0 aliphatic rings. The van der Waals surface area contributed by atoms with Crippen LogP contribution in [0.5, 0.6) is 0 Å². The van der Waals surface area contributed by atoms with Gasteiger partial charge in [0.2, 0.25) is 0 Å². The van der Waals surface area contributed by atoms with E-state index in [4.69, 9.17) is 10.2 Å². The van der Waals surface area contributed by atoms with Gasteiger partial charge in [-0.2, -0.15) is 0 Å². The highest BCUT2D eigenvalue weighted by molar-refractivity contribution is 4.74. The minimum atomic E-state index is -0.833. The summed E-state index contributed by atoms with van der Waals surface area (Å²) in [6, 6.07) is 0. The summed E-state index contributed by atoms with van der Waals surface area (Å²) in [6.07, 6.45) is -1.56. The van der Waals surface area contributed by atoms with Gasteiger partial charge in [-0.25, -0.2) is 0 Å². The lowest BCUT2D eigenvalue weighted by atomic mass is 10.1. The number of hydrogen-bond acceptors (Lipinski definition) is 3. The van der Waals surface area contributed by atoms with Crippen LogP contribution in [0.2, 0.25) is 0 Å². The van der Waals surface area contributed by atoms with E-state index in [0.717, 1.165) is 0 Å². The number of hydrogen-bond donors (Lipinski definition) is 3. The Balaban J connectivity index is 3.68. The maximum absolute atomic E-state index is 9.10. The van der Waals surface area contributed by atoms with E-state index in [9.17, 15) is 0 Å². The lowest BCUT2D eigenvalue weighted by Crippen LogP contribution is -2.48. The zero-order chi connectivity index (χ0) is 8.36. The highest BCUT2D eigenvalue weighted by atomic mass is 16.3. The zero-order valence-electron chi connectivity index (χ0n) is 7.05. The van der Waals surface area contributed by atoms with Crippen molar-refractivity contribution in [1.29, 1.82) is 0 Å². The smallest absolute Gasteiger partial charge is 0.131 e. The summed E-state index contributed by atoms with van der Waals surface area (Å²) in [6.45, 7) is 7.33. The Morgan fingerprint density at radius 1 is 1.20 bits per heavy atom. The van der Waals surface area contributed by atoms with Crippen LogP contribution in [0.25, 0.3) is 0 Å². The molecule has 1 unspecified atom stereocenters. The number of aliphatic hydroxyl groups excluding tert-OH is 2. The van der Waals surface area contributed by atoms with E-state index in [2.05, 4.69) is 5.32 Å². The first-order chi connectivity index (χ1) is 4.33. The molecule has 0 bridgehead atoms. The summed E-state index contributed by atoms with van der Waals surface area (Å²) in [5, 5.41) is 20.8. The second kappa shape index (κ2) is 3.32. The molecule has 0 aliphatic carbocycles. The first-order valence-electron chi connectivity index (χ1n) is 3.47. The van der Waals surface area contributed by atoms with Crippen molar-refractivity contribution in [1.82, 2.24) is 5.32 Å². The number of aliphatic hydroxyl groups is 2. The van der Waals surface area contributed by atoms with Gasteiger partial charge in [0.05, 0.1) is 6.10 Å². The van der Waals surface area contributed by atoms with Crippen LogP contribution in [0.3, 0.4) is 0 Å². The molecular formula is C7H17NO2. The van der Waals surface area contributed by atoms with E-state index in [1.165, 1.54) is 0 Å². The van der Waals surface area contributed by atoms with Gasteiger partial charge in [-0.3, -0.25) is 5.32 Å². The molecule has 0 spiro atoms. The minimum Gasteiger partial charge on any atom is -0.389 e. The van der Waals surface area contributed by atoms with Crippen molar-refractivity contribution in [3.63, 3.8) is 0 Å². The first-order valence-corrected chi connectivity index (χ1v) is 3.47. The highest BCUT2D eigenvalue weighted by Gasteiger charge is 2.17. The van der Waals surface area contributed by atoms with Gasteiger partial charge in [-0.05, 0) is 27.7 Å². The van der Waals surface area contributed by atoms with Gasteiger partial charge in [-0.1, -0.05) is 0 Å². The zero-order valence-corrected chi connectivity index (χ0v) is 7.05. The molecule has 3 heteroatoms. The van der Waals surface area contributed by atoms with E-state index in [1.54, 1.807) is 6.92 Å². The van der Waals surface area contributed by atoms with Crippen molar-refractivity contribution < 1.29 is 10.2 Å². The molecule has 10 heavy (non-hydrogen) atoms. The summed E-state index contributed by atoms with van der Waals surface area (Å²) in [7, 11) is 0. The second-order valence-electron chi connectivity index (χ2n) is 3.58. The third-order valence-corrected chi connectivity index (χ3v) is 1.04. The predicted octanol–water partition coefficient (Wildman–Crippen LogP) is 0.0737. The molecule has 0 fully saturated rings. The molecule has 0 aromatic rings. The molecule has 0 radical (unpaired) electrons. The third-order valence-electron chi connectivity index (χ3n) is 1.04. The van der Waals surface area contributed by atoms with Crippen molar-refractivity contribution in [2.24, 2.45) is 0 Å². The Labute approximate surface area is 62.1 Å². The van der Waals surface area contributed by atoms with Crippen molar-refractivity contribution in [3.05, 3.63) is 0 Å². The van der Waals surface area contributed by atoms with E-state index < -0.39 is 12.3 Å². The largest absolute Gasteiger partial charge is 0.389 e. The second-order valence-corrected chi connectivity index (χ2v) is 3.58. The van der Waals surface area contributed by atoms with Crippen molar-refractivity contribution >= 4 is 0 Å². The average Bonchev–Trinajstić information content (AvgIpc) is 1.60. The molecule has 3 N–H and O–H groups in total. The fourth-order valence-corrected chi connectivity index (χ4v) is 0.564. The Hall–Kier alpha value is -0.120. The van der Waals surface area contributed by atoms with Gasteiger partial charge in [0.15, 0.2) is 0 Å². The lowest BCUT2D eigenvalue weighted by molar-refractivity contribution is -0.00601. The van der Waals surface area contributed by atoms with E-state index >= 15 is 0 Å². The summed E-state index contributed by atoms with van der Waals surface area (Å²) in [4.78, 5) is 0. The minimum absolute atomic E-state index is 0.156. The quantitative estimate of drug-likeness (QED) is 0.485. The van der Waals surface area contributed by atoms with Crippen molar-refractivity contribution in [3.8, 4) is 0 Å². The summed E-state index contributed by atoms with van der Waals surface area (Å²) in [5.74, 6) is 0. The van der Waals surface area contributed by atoms with Gasteiger partial charge >= 0.3 is 0 Å². The predicted molar refractivity (Wildman–Crippen MR) is 40.6 cm³/mol. The van der Waals surface area contributed by atoms with Crippen LogP contribution in [0.4, 0.5) is 0 Å². The molecule has 0 aromatic carbocycles. The maximum Gasteiger partial charge on any atom is 0.131 e. The van der Waals surface area contributed by atoms with Gasteiger partial charge in [0, 0.05) is 5.54 Å². The van der Waals surface area contributed by atoms with Gasteiger partial charge < -0.3 is 10.2 Å². The fourth-order valence-electron chi connectivity index (χ4n) is 0.564. The first kappa shape index (κ1) is 9.88. The molecule has 3 nitrogen and oxygen atoms in total. The maximum atomic E-state index is 9.10. The van der Waals surface area contributed by atoms with Crippen molar-refractivity contribution in [2.45, 2.75) is 45.6 Å². The molecule has 0 aromatic heterocycles. The van der Waals surface area contributed by atoms with Gasteiger partial charge in [0.1, 0.15) is 6.23 Å². The third kappa shape index (κ3) is 4.73. The Kier molecular flexibility index (Phi) is 3.28. The van der Waals surface area contributed by atoms with Gasteiger partial charge in [-0.15, -0.1) is 0 Å². The average molecular weight is 147 g/mol. The molecule has 62 valence electrons. The van der Waals surface area contributed by atoms with Crippen LogP contribution in [0, 0.1) is 0 Å². The normalized spacial score (nSPS) is 18.6. The van der Waals surface area contributed by atoms with Crippen LogP contribution < -0.4 is 5.32 Å². The summed E-state index contributed by atoms with van der Waals surface area (Å²) in [5.41, 5.74) is -0.156. The highest BCUT2D eigenvalue weighted by Crippen LogP contribution is 2.01. The topological polar surface area (TPSA) is 52.5 Å². The molecule has 0 saturated carbocycles. The Morgan fingerprint density at radius 3 is 1.70 bits per heavy atom. The molecule has 0 aliphatic heterocycles. The SMILES string of the molecule is CC(O)[C@H](O)NC(C)(C)C. The van der Waals surface area contributed by atoms with Crippen LogP contribution in [-0.2, 0) is 0 Å². The fraction of sp³-hybridized carbons (Fsp3) is 1.00. The van der Waals surface area contributed by atoms with Gasteiger partial charge in [0.25, 0.3) is 0 Å². The van der Waals surface area contributed by atoms with E-state index in [1.807, 2.05) is 20.8 Å². The van der Waals surface area contributed by atoms with E-state index in [-0.39, 0.29) is 5.54 Å². The monoisotopic (exact) mass is 147 g/mol. The molecular weight excluding hydrogens is 130 g/mol. The van der Waals surface area contributed by atoms with Crippen LogP contribution in [0.15, 0.2) is 0 Å². The summed E-state index contributed by atoms with van der Waals surface area (Å²) < 4.78 is 0. The number of nitrogens with one attached hydrogen (secondary N) is 1. The lowest BCUT2D eigenvalue weighted by Gasteiger charge is -2.26. The van der Waals surface area contributed by atoms with E-state index in [0.29, 0.717) is 0 Å². The summed E-state index contributed by atoms with van der Waals surface area (Å²) >= 11 is 0. The molecule has 0 amide bonds. The Morgan fingerprint density at radius 2 is 1.60 bits per heavy atom. The van der Waals surface area contributed by atoms with Crippen LogP contribution in [0.1, 0.15) is 27.7 Å². The Bertz CT molecular complexity index is 96.3. The molecule has 0 rings (SSSR count).